The molecule has 0 saturated carbocycles. The molecule has 4 aromatic carbocycles. The van der Waals surface area contributed by atoms with E-state index in [1.807, 2.05) is 109 Å². The molecular weight excluding hydrogens is 694 g/mol. The van der Waals surface area contributed by atoms with Gasteiger partial charge in [-0.1, -0.05) is 100 Å². The number of hydrogen-bond acceptors (Lipinski definition) is 7. The van der Waals surface area contributed by atoms with E-state index in [1.54, 1.807) is 28.2 Å². The maximum absolute atomic E-state index is 14.7. The molecule has 1 amide bonds. The Hall–Kier alpha value is -4.51. The average Bonchev–Trinajstić information content (AvgIpc) is 3.56. The first kappa shape index (κ1) is 31.1. The van der Waals surface area contributed by atoms with Crippen LogP contribution in [0.5, 0.6) is 0 Å². The Labute approximate surface area is 287 Å². The number of carbonyl (C=O) groups excluding carboxylic acids is 2. The molecule has 2 aliphatic rings. The number of benzene rings is 4. The first-order valence-electron chi connectivity index (χ1n) is 15.0. The predicted molar refractivity (Wildman–Crippen MR) is 190 cm³/mol. The minimum absolute atomic E-state index is 0.161. The number of thioether (sulfide) groups is 1. The van der Waals surface area contributed by atoms with Crippen LogP contribution in [0, 0.1) is 0 Å². The van der Waals surface area contributed by atoms with E-state index in [4.69, 9.17) is 9.73 Å². The topological polar surface area (TPSA) is 81.0 Å². The molecule has 5 aromatic rings. The van der Waals surface area contributed by atoms with Gasteiger partial charge < -0.3 is 9.64 Å². The molecule has 2 aliphatic heterocycles. The lowest BCUT2D eigenvalue weighted by atomic mass is 9.93. The van der Waals surface area contributed by atoms with E-state index in [9.17, 15) is 14.4 Å². The Bertz CT molecular complexity index is 2250. The van der Waals surface area contributed by atoms with Crippen molar-refractivity contribution < 1.29 is 14.3 Å². The van der Waals surface area contributed by atoms with E-state index in [0.717, 1.165) is 31.7 Å². The molecule has 1 aromatic heterocycles. The Balaban J connectivity index is 1.52. The molecule has 0 N–H and O–H groups in total. The van der Waals surface area contributed by atoms with E-state index in [-0.39, 0.29) is 22.6 Å². The normalized spacial score (nSPS) is 16.5. The summed E-state index contributed by atoms with van der Waals surface area (Å²) in [5.41, 5.74) is 4.46. The number of thiazole rings is 1. The number of esters is 1. The number of nitrogens with zero attached hydrogens (tertiary/aromatic N) is 3. The molecule has 7 rings (SSSR count). The highest BCUT2D eigenvalue weighted by atomic mass is 79.9. The number of ether oxygens (including phenoxy) is 1. The van der Waals surface area contributed by atoms with Crippen molar-refractivity contribution in [3.05, 3.63) is 155 Å². The number of amides is 1. The average molecular weight is 723 g/mol. The predicted octanol–water partition coefficient (Wildman–Crippen LogP) is 6.34. The highest BCUT2D eigenvalue weighted by Crippen LogP contribution is 2.39. The number of hydrogen-bond donors (Lipinski definition) is 0. The number of aromatic nitrogens is 1. The molecule has 47 heavy (non-hydrogen) atoms. The highest BCUT2D eigenvalue weighted by molar-refractivity contribution is 9.10. The van der Waals surface area contributed by atoms with Crippen LogP contribution >= 0.6 is 39.0 Å². The fourth-order valence-corrected chi connectivity index (χ4v) is 7.90. The molecule has 234 valence electrons. The van der Waals surface area contributed by atoms with Gasteiger partial charge in [-0.05, 0) is 54.6 Å². The van der Waals surface area contributed by atoms with Crippen LogP contribution in [0.25, 0.3) is 11.3 Å². The third-order valence-corrected chi connectivity index (χ3v) is 10.5. The standard InChI is InChI=1S/C37H28BrN3O4S2/c1-3-45-36(44)30-31(23-12-8-5-9-13-23)39-37-41(32(30)24-14-17-26(46-2)18-15-24)35(43)33(47-37)29-27-20-25(38)16-19-28(27)40(34(29)42)21-22-10-6-4-7-11-22/h4-20,32H,3,21H2,1-2H3/b33-29-/t32-/m0/s1. The van der Waals surface area contributed by atoms with Gasteiger partial charge in [0.25, 0.3) is 11.5 Å². The van der Waals surface area contributed by atoms with Crippen LogP contribution in [0.4, 0.5) is 5.69 Å². The van der Waals surface area contributed by atoms with Crippen molar-refractivity contribution >= 4 is 67.9 Å². The summed E-state index contributed by atoms with van der Waals surface area (Å²) in [6, 6.07) is 31.8. The first-order valence-corrected chi connectivity index (χ1v) is 17.8. The van der Waals surface area contributed by atoms with Gasteiger partial charge in [-0.25, -0.2) is 9.79 Å². The lowest BCUT2D eigenvalue weighted by Gasteiger charge is -2.26. The quantitative estimate of drug-likeness (QED) is 0.145. The minimum Gasteiger partial charge on any atom is -0.463 e. The molecule has 0 aliphatic carbocycles. The fraction of sp³-hybridized carbons (Fsp3) is 0.135. The van der Waals surface area contributed by atoms with Gasteiger partial charge in [-0.2, -0.15) is 0 Å². The van der Waals surface area contributed by atoms with Crippen LogP contribution in [0.3, 0.4) is 0 Å². The molecule has 3 heterocycles. The zero-order valence-electron chi connectivity index (χ0n) is 25.5. The highest BCUT2D eigenvalue weighted by Gasteiger charge is 2.38. The second-order valence-corrected chi connectivity index (χ2v) is 13.7. The van der Waals surface area contributed by atoms with E-state index >= 15 is 0 Å². The number of carbonyl (C=O) groups is 2. The summed E-state index contributed by atoms with van der Waals surface area (Å²) in [6.45, 7) is 2.27. The maximum atomic E-state index is 14.7. The number of fused-ring (bicyclic) bond motifs is 2. The summed E-state index contributed by atoms with van der Waals surface area (Å²) in [6.07, 6.45) is 1.99. The van der Waals surface area contributed by atoms with Crippen LogP contribution in [-0.2, 0) is 20.9 Å². The molecule has 0 fully saturated rings. The summed E-state index contributed by atoms with van der Waals surface area (Å²) in [5, 5.41) is 0. The van der Waals surface area contributed by atoms with Gasteiger partial charge in [0.1, 0.15) is 4.53 Å². The summed E-state index contributed by atoms with van der Waals surface area (Å²) >= 11 is 6.34. The van der Waals surface area contributed by atoms with E-state index in [1.165, 1.54) is 11.3 Å². The van der Waals surface area contributed by atoms with Gasteiger partial charge in [0.2, 0.25) is 0 Å². The van der Waals surface area contributed by atoms with Crippen molar-refractivity contribution in [2.24, 2.45) is 4.99 Å². The van der Waals surface area contributed by atoms with Crippen LogP contribution < -0.4 is 19.8 Å². The van der Waals surface area contributed by atoms with Crippen molar-refractivity contribution in [1.29, 1.82) is 0 Å². The Morgan fingerprint density at radius 2 is 1.66 bits per heavy atom. The van der Waals surface area contributed by atoms with Gasteiger partial charge in [0, 0.05) is 20.5 Å². The first-order chi connectivity index (χ1) is 22.9. The van der Waals surface area contributed by atoms with Crippen LogP contribution in [-0.4, -0.2) is 29.3 Å². The fourth-order valence-electron chi connectivity index (χ4n) is 6.04. The van der Waals surface area contributed by atoms with Gasteiger partial charge >= 0.3 is 5.97 Å². The zero-order valence-corrected chi connectivity index (χ0v) is 28.7. The van der Waals surface area contributed by atoms with Crippen LogP contribution in [0.1, 0.15) is 35.2 Å². The Morgan fingerprint density at radius 1 is 0.957 bits per heavy atom. The molecule has 0 unspecified atom stereocenters. The summed E-state index contributed by atoms with van der Waals surface area (Å²) in [7, 11) is 0. The van der Waals surface area contributed by atoms with Gasteiger partial charge in [0.15, 0.2) is 4.80 Å². The van der Waals surface area contributed by atoms with Crippen molar-refractivity contribution in [2.75, 3.05) is 17.8 Å². The summed E-state index contributed by atoms with van der Waals surface area (Å²) in [5.74, 6) is -0.812. The second-order valence-electron chi connectivity index (χ2n) is 10.9. The molecule has 7 nitrogen and oxygen atoms in total. The van der Waals surface area contributed by atoms with Gasteiger partial charge in [0.05, 0.1) is 41.7 Å². The minimum atomic E-state index is -0.829. The molecule has 0 bridgehead atoms. The van der Waals surface area contributed by atoms with Crippen LogP contribution in [0.15, 0.2) is 128 Å². The molecule has 10 heteroatoms. The maximum Gasteiger partial charge on any atom is 0.338 e. The monoisotopic (exact) mass is 721 g/mol. The summed E-state index contributed by atoms with van der Waals surface area (Å²) < 4.78 is 8.20. The third kappa shape index (κ3) is 5.60. The number of rotatable bonds is 7. The van der Waals surface area contributed by atoms with E-state index < -0.39 is 17.6 Å². The Kier molecular flexibility index (Phi) is 8.57. The SMILES string of the molecule is CCOC(=O)C1=C(c2ccccc2)N=c2s/c(=C3\C(=O)N(Cc4ccccc4)c4ccc(Br)cc43)c(=O)n2[C@H]1c1ccc(SC)cc1. The van der Waals surface area contributed by atoms with E-state index in [0.29, 0.717) is 28.2 Å². The smallest absolute Gasteiger partial charge is 0.338 e. The second kappa shape index (κ2) is 12.9. The molecule has 0 saturated heterocycles. The number of anilines is 1. The van der Waals surface area contributed by atoms with Gasteiger partial charge in [-0.3, -0.25) is 14.2 Å². The third-order valence-electron chi connectivity index (χ3n) is 8.17. The van der Waals surface area contributed by atoms with Crippen molar-refractivity contribution in [3.8, 4) is 0 Å². The molecule has 1 atom stereocenters. The van der Waals surface area contributed by atoms with Crippen LogP contribution in [0.2, 0.25) is 0 Å². The van der Waals surface area contributed by atoms with Crippen molar-refractivity contribution in [2.45, 2.75) is 24.4 Å². The van der Waals surface area contributed by atoms with Gasteiger partial charge in [-0.15, -0.1) is 11.8 Å². The molecular formula is C37H28BrN3O4S2. The van der Waals surface area contributed by atoms with Crippen molar-refractivity contribution in [3.63, 3.8) is 0 Å². The number of halogens is 1. The zero-order chi connectivity index (χ0) is 32.7. The summed E-state index contributed by atoms with van der Waals surface area (Å²) in [4.78, 5) is 51.0. The lowest BCUT2D eigenvalue weighted by Crippen LogP contribution is -2.41. The Morgan fingerprint density at radius 3 is 2.34 bits per heavy atom. The molecule has 0 radical (unpaired) electrons. The largest absolute Gasteiger partial charge is 0.463 e. The van der Waals surface area contributed by atoms with Crippen molar-refractivity contribution in [1.82, 2.24) is 4.57 Å². The lowest BCUT2D eigenvalue weighted by molar-refractivity contribution is -0.138. The molecule has 0 spiro atoms. The van der Waals surface area contributed by atoms with E-state index in [2.05, 4.69) is 15.9 Å².